The van der Waals surface area contributed by atoms with Crippen LogP contribution in [0, 0.1) is 6.92 Å². The molecule has 4 aromatic rings. The first kappa shape index (κ1) is 17.7. The lowest BCUT2D eigenvalue weighted by Crippen LogP contribution is -2.54. The molecular weight excluding hydrogens is 368 g/mol. The minimum Gasteiger partial charge on any atom is -0.367 e. The predicted molar refractivity (Wildman–Crippen MR) is 110 cm³/mol. The van der Waals surface area contributed by atoms with Gasteiger partial charge in [0.05, 0.1) is 11.4 Å². The van der Waals surface area contributed by atoms with Crippen LogP contribution in [-0.4, -0.2) is 54.1 Å². The van der Waals surface area contributed by atoms with E-state index < -0.39 is 0 Å². The highest BCUT2D eigenvalue weighted by atomic mass is 16.1. The summed E-state index contributed by atoms with van der Waals surface area (Å²) in [5.41, 5.74) is 2.78. The van der Waals surface area contributed by atoms with Crippen LogP contribution in [0.2, 0.25) is 0 Å². The zero-order valence-corrected chi connectivity index (χ0v) is 16.6. The maximum Gasteiger partial charge on any atom is 0.258 e. The Hall–Kier alpha value is -3.33. The zero-order chi connectivity index (χ0) is 20.1. The molecule has 0 aliphatic carbocycles. The summed E-state index contributed by atoms with van der Waals surface area (Å²) in [6, 6.07) is 6.25. The fourth-order valence-electron chi connectivity index (χ4n) is 3.98. The van der Waals surface area contributed by atoms with Crippen molar-refractivity contribution in [3.05, 3.63) is 53.0 Å². The van der Waals surface area contributed by atoms with Crippen LogP contribution in [0.4, 0.5) is 5.69 Å². The fraction of sp³-hybridized carbons (Fsp3) is 0.350. The first-order chi connectivity index (χ1) is 14.0. The third kappa shape index (κ3) is 3.23. The van der Waals surface area contributed by atoms with Gasteiger partial charge in [-0.3, -0.25) is 9.20 Å². The number of piperazine rings is 1. The molecule has 5 heterocycles. The van der Waals surface area contributed by atoms with Gasteiger partial charge in [-0.15, -0.1) is 0 Å². The lowest BCUT2D eigenvalue weighted by atomic mass is 10.1. The molecule has 0 amide bonds. The number of rotatable bonds is 2. The Morgan fingerprint density at radius 1 is 1.10 bits per heavy atom. The molecule has 9 heteroatoms. The zero-order valence-electron chi connectivity index (χ0n) is 16.6. The molecule has 1 aliphatic rings. The van der Waals surface area contributed by atoms with Crippen LogP contribution in [0.5, 0.6) is 0 Å². The molecule has 4 aromatic heterocycles. The highest BCUT2D eigenvalue weighted by Crippen LogP contribution is 2.20. The third-order valence-corrected chi connectivity index (χ3v) is 5.16. The van der Waals surface area contributed by atoms with E-state index in [1.54, 1.807) is 21.3 Å². The molecule has 5 rings (SSSR count). The molecule has 29 heavy (non-hydrogen) atoms. The minimum absolute atomic E-state index is 0.127. The number of pyridine rings is 1. The average Bonchev–Trinajstić information content (AvgIpc) is 3.06. The Morgan fingerprint density at radius 3 is 2.69 bits per heavy atom. The number of nitrogens with one attached hydrogen (secondary N) is 1. The third-order valence-electron chi connectivity index (χ3n) is 5.16. The maximum atomic E-state index is 12.8. The van der Waals surface area contributed by atoms with Crippen LogP contribution < -0.4 is 15.8 Å². The van der Waals surface area contributed by atoms with Gasteiger partial charge >= 0.3 is 0 Å². The van der Waals surface area contributed by atoms with E-state index in [1.165, 1.54) is 6.07 Å². The van der Waals surface area contributed by atoms with Crippen LogP contribution in [0.25, 0.3) is 22.7 Å². The van der Waals surface area contributed by atoms with Crippen molar-refractivity contribution in [1.29, 1.82) is 0 Å². The van der Waals surface area contributed by atoms with Gasteiger partial charge in [0.1, 0.15) is 11.5 Å². The van der Waals surface area contributed by atoms with Gasteiger partial charge in [-0.05, 0) is 32.9 Å². The number of nitrogens with zero attached hydrogens (tertiary/aromatic N) is 7. The molecule has 148 valence electrons. The van der Waals surface area contributed by atoms with Crippen molar-refractivity contribution in [1.82, 2.24) is 34.3 Å². The molecule has 0 bridgehead atoms. The maximum absolute atomic E-state index is 12.8. The van der Waals surface area contributed by atoms with E-state index in [0.717, 1.165) is 24.3 Å². The summed E-state index contributed by atoms with van der Waals surface area (Å²) in [5.74, 6) is 1.16. The SMILES string of the molecule is Cc1nc2ncc(-c3cc(=O)n4cc(N5CC(C)N[C@@H](C)C5)ccc4n3)cn2n1. The molecule has 0 spiro atoms. The van der Waals surface area contributed by atoms with Gasteiger partial charge in [-0.25, -0.2) is 14.5 Å². The predicted octanol–water partition coefficient (Wildman–Crippen LogP) is 1.29. The monoisotopic (exact) mass is 390 g/mol. The molecule has 1 N–H and O–H groups in total. The molecule has 1 saturated heterocycles. The molecule has 0 saturated carbocycles. The second-order valence-electron chi connectivity index (χ2n) is 7.72. The van der Waals surface area contributed by atoms with Gasteiger partial charge in [0.15, 0.2) is 0 Å². The Labute approximate surface area is 167 Å². The van der Waals surface area contributed by atoms with E-state index in [-0.39, 0.29) is 5.56 Å². The van der Waals surface area contributed by atoms with Crippen molar-refractivity contribution in [3.63, 3.8) is 0 Å². The summed E-state index contributed by atoms with van der Waals surface area (Å²) >= 11 is 0. The summed E-state index contributed by atoms with van der Waals surface area (Å²) in [6.45, 7) is 7.96. The Kier molecular flexibility index (Phi) is 4.06. The van der Waals surface area contributed by atoms with Crippen LogP contribution in [-0.2, 0) is 0 Å². The second kappa shape index (κ2) is 6.63. The smallest absolute Gasteiger partial charge is 0.258 e. The van der Waals surface area contributed by atoms with Gasteiger partial charge in [-0.1, -0.05) is 0 Å². The summed E-state index contributed by atoms with van der Waals surface area (Å²) in [6.07, 6.45) is 5.33. The lowest BCUT2D eigenvalue weighted by molar-refractivity contribution is 0.407. The molecule has 9 nitrogen and oxygen atoms in total. The van der Waals surface area contributed by atoms with Gasteiger partial charge in [0, 0.05) is 55.4 Å². The molecule has 2 atom stereocenters. The van der Waals surface area contributed by atoms with E-state index in [1.807, 2.05) is 25.3 Å². The van der Waals surface area contributed by atoms with Crippen molar-refractivity contribution >= 4 is 17.1 Å². The number of hydrogen-bond acceptors (Lipinski definition) is 7. The first-order valence-corrected chi connectivity index (χ1v) is 9.70. The summed E-state index contributed by atoms with van der Waals surface area (Å²) in [4.78, 5) is 28.3. The van der Waals surface area contributed by atoms with Gasteiger partial charge < -0.3 is 10.2 Å². The molecule has 0 aromatic carbocycles. The van der Waals surface area contributed by atoms with Crippen molar-refractivity contribution in [2.24, 2.45) is 0 Å². The highest BCUT2D eigenvalue weighted by molar-refractivity contribution is 5.62. The van der Waals surface area contributed by atoms with Crippen LogP contribution in [0.1, 0.15) is 19.7 Å². The van der Waals surface area contributed by atoms with E-state index in [4.69, 9.17) is 0 Å². The lowest BCUT2D eigenvalue weighted by Gasteiger charge is -2.37. The summed E-state index contributed by atoms with van der Waals surface area (Å²) in [5, 5.41) is 7.81. The van der Waals surface area contributed by atoms with E-state index in [0.29, 0.717) is 35.0 Å². The van der Waals surface area contributed by atoms with Crippen molar-refractivity contribution < 1.29 is 0 Å². The van der Waals surface area contributed by atoms with Crippen LogP contribution >= 0.6 is 0 Å². The van der Waals surface area contributed by atoms with Gasteiger partial charge in [0.25, 0.3) is 11.3 Å². The highest BCUT2D eigenvalue weighted by Gasteiger charge is 2.21. The second-order valence-corrected chi connectivity index (χ2v) is 7.72. The molecule has 1 fully saturated rings. The standard InChI is InChI=1S/C20H22N8O/c1-12-8-26(9-13(2)22-12)16-4-5-18-24-17(6-19(29)27(18)11-16)15-7-21-20-23-14(3)25-28(20)10-15/h4-7,10-13,22H,8-9H2,1-3H3/t12-,13?/m0/s1. The molecule has 1 unspecified atom stereocenters. The Bertz CT molecular complexity index is 1270. The molecule has 1 aliphatic heterocycles. The van der Waals surface area contributed by atoms with Gasteiger partial charge in [0.2, 0.25) is 0 Å². The van der Waals surface area contributed by atoms with Gasteiger partial charge in [-0.2, -0.15) is 10.1 Å². The van der Waals surface area contributed by atoms with Crippen molar-refractivity contribution in [3.8, 4) is 11.3 Å². The van der Waals surface area contributed by atoms with Crippen molar-refractivity contribution in [2.45, 2.75) is 32.9 Å². The largest absolute Gasteiger partial charge is 0.367 e. The van der Waals surface area contributed by atoms with E-state index in [9.17, 15) is 4.79 Å². The number of aryl methyl sites for hydroxylation is 1. The first-order valence-electron chi connectivity index (χ1n) is 9.70. The topological polar surface area (TPSA) is 92.7 Å². The van der Waals surface area contributed by atoms with Crippen molar-refractivity contribution in [2.75, 3.05) is 18.0 Å². The fourth-order valence-corrected chi connectivity index (χ4v) is 3.98. The van der Waals surface area contributed by atoms with Crippen LogP contribution in [0.3, 0.4) is 0 Å². The number of hydrogen-bond donors (Lipinski definition) is 1. The average molecular weight is 390 g/mol. The Morgan fingerprint density at radius 2 is 1.90 bits per heavy atom. The summed E-state index contributed by atoms with van der Waals surface area (Å²) < 4.78 is 3.20. The van der Waals surface area contributed by atoms with Crippen LogP contribution in [0.15, 0.2) is 41.6 Å². The van der Waals surface area contributed by atoms with E-state index in [2.05, 4.69) is 44.1 Å². The quantitative estimate of drug-likeness (QED) is 0.551. The number of fused-ring (bicyclic) bond motifs is 2. The molecule has 0 radical (unpaired) electrons. The normalized spacial score (nSPS) is 19.9. The Balaban J connectivity index is 1.55. The number of anilines is 1. The minimum atomic E-state index is -0.127. The number of aromatic nitrogens is 6. The summed E-state index contributed by atoms with van der Waals surface area (Å²) in [7, 11) is 0. The van der Waals surface area contributed by atoms with E-state index >= 15 is 0 Å². The molecular formula is C20H22N8O.